The van der Waals surface area contributed by atoms with Crippen molar-refractivity contribution in [1.29, 1.82) is 0 Å². The number of carbonyl (C=O) groups is 1. The first-order valence-corrected chi connectivity index (χ1v) is 7.86. The smallest absolute Gasteiger partial charge is 0.312 e. The molecule has 5 nitrogen and oxygen atoms in total. The summed E-state index contributed by atoms with van der Waals surface area (Å²) in [6.07, 6.45) is -1.35. The fraction of sp³-hybridized carbons (Fsp3) is 0.176. The summed E-state index contributed by atoms with van der Waals surface area (Å²) in [5, 5.41) is 20.8. The van der Waals surface area contributed by atoms with Crippen LogP contribution in [0.5, 0.6) is 0 Å². The van der Waals surface area contributed by atoms with Crippen molar-refractivity contribution < 1.29 is 19.7 Å². The average Bonchev–Trinajstić information content (AvgIpc) is 2.88. The normalized spacial score (nSPS) is 22.8. The Morgan fingerprint density at radius 2 is 1.88 bits per heavy atom. The zero-order valence-corrected chi connectivity index (χ0v) is 13.8. The van der Waals surface area contributed by atoms with Crippen LogP contribution in [-0.4, -0.2) is 22.1 Å². The number of nitrogens with zero attached hydrogens (tertiary/aromatic N) is 1. The van der Waals surface area contributed by atoms with Crippen molar-refractivity contribution in [3.63, 3.8) is 0 Å². The van der Waals surface area contributed by atoms with Gasteiger partial charge in [0.15, 0.2) is 12.0 Å². The predicted molar refractivity (Wildman–Crippen MR) is 90.3 cm³/mol. The Labute approximate surface area is 148 Å². The van der Waals surface area contributed by atoms with E-state index in [1.165, 1.54) is 0 Å². The summed E-state index contributed by atoms with van der Waals surface area (Å²) in [4.78, 5) is 15.1. The molecule has 2 unspecified atom stereocenters. The molecule has 2 aromatic rings. The van der Waals surface area contributed by atoms with Crippen LogP contribution in [0.3, 0.4) is 0 Å². The first-order chi connectivity index (χ1) is 11.4. The van der Waals surface area contributed by atoms with Gasteiger partial charge in [-0.3, -0.25) is 4.79 Å². The Hall–Kier alpha value is -2.08. The molecule has 1 aliphatic heterocycles. The van der Waals surface area contributed by atoms with Gasteiger partial charge in [0.1, 0.15) is 6.42 Å². The van der Waals surface area contributed by atoms with Crippen molar-refractivity contribution in [2.45, 2.75) is 18.2 Å². The highest BCUT2D eigenvalue weighted by Crippen LogP contribution is 2.45. The van der Waals surface area contributed by atoms with Gasteiger partial charge in [-0.25, -0.2) is 4.99 Å². The molecule has 0 amide bonds. The standard InChI is InChI=1S/C17H13Cl2NO4/c18-12-7-6-10(8-13(12)19)16-17(23,11-4-2-1-3-5-11)20-14(24-16)9-15(21)22/h1-8,16,23H,9H2,(H,21,22). The molecule has 0 bridgehead atoms. The van der Waals surface area contributed by atoms with Crippen LogP contribution in [0, 0.1) is 0 Å². The van der Waals surface area contributed by atoms with Gasteiger partial charge in [-0.05, 0) is 17.7 Å². The number of rotatable bonds is 4. The van der Waals surface area contributed by atoms with Crippen molar-refractivity contribution in [2.75, 3.05) is 0 Å². The third-order valence-electron chi connectivity index (χ3n) is 3.66. The fourth-order valence-electron chi connectivity index (χ4n) is 2.58. The summed E-state index contributed by atoms with van der Waals surface area (Å²) in [5.41, 5.74) is -0.718. The van der Waals surface area contributed by atoms with Gasteiger partial charge >= 0.3 is 5.97 Å². The maximum absolute atomic E-state index is 11.1. The molecule has 2 atom stereocenters. The number of ether oxygens (including phenoxy) is 1. The van der Waals surface area contributed by atoms with Crippen LogP contribution in [0.2, 0.25) is 10.0 Å². The molecule has 3 rings (SSSR count). The molecule has 0 aromatic heterocycles. The van der Waals surface area contributed by atoms with Crippen LogP contribution >= 0.6 is 23.2 Å². The van der Waals surface area contributed by atoms with E-state index in [9.17, 15) is 9.90 Å². The van der Waals surface area contributed by atoms with Gasteiger partial charge in [-0.15, -0.1) is 0 Å². The molecule has 0 saturated carbocycles. The van der Waals surface area contributed by atoms with Crippen molar-refractivity contribution in [3.05, 3.63) is 69.7 Å². The molecular formula is C17H13Cl2NO4. The molecule has 0 aliphatic carbocycles. The minimum absolute atomic E-state index is 0.0510. The Bertz CT molecular complexity index is 809. The molecule has 0 fully saturated rings. The number of carboxylic acids is 1. The van der Waals surface area contributed by atoms with E-state index in [-0.39, 0.29) is 5.90 Å². The van der Waals surface area contributed by atoms with Crippen LogP contribution in [-0.2, 0) is 15.3 Å². The Balaban J connectivity index is 2.06. The van der Waals surface area contributed by atoms with Gasteiger partial charge in [0.2, 0.25) is 5.72 Å². The minimum Gasteiger partial charge on any atom is -0.481 e. The third kappa shape index (κ3) is 3.11. The van der Waals surface area contributed by atoms with E-state index in [2.05, 4.69) is 4.99 Å². The number of benzene rings is 2. The number of halogens is 2. The number of hydrogen-bond acceptors (Lipinski definition) is 4. The van der Waals surface area contributed by atoms with Crippen molar-refractivity contribution in [1.82, 2.24) is 0 Å². The molecule has 124 valence electrons. The Kier molecular flexibility index (Phi) is 4.49. The summed E-state index contributed by atoms with van der Waals surface area (Å²) >= 11 is 12.0. The van der Waals surface area contributed by atoms with Crippen molar-refractivity contribution in [2.24, 2.45) is 4.99 Å². The number of aliphatic imine (C=N–C) groups is 1. The number of aliphatic carboxylic acids is 1. The molecule has 0 saturated heterocycles. The topological polar surface area (TPSA) is 79.1 Å². The average molecular weight is 366 g/mol. The molecule has 24 heavy (non-hydrogen) atoms. The van der Waals surface area contributed by atoms with Crippen LogP contribution in [0.25, 0.3) is 0 Å². The second-order valence-corrected chi connectivity index (χ2v) is 6.15. The highest BCUT2D eigenvalue weighted by atomic mass is 35.5. The van der Waals surface area contributed by atoms with E-state index < -0.39 is 24.2 Å². The highest BCUT2D eigenvalue weighted by molar-refractivity contribution is 6.42. The van der Waals surface area contributed by atoms with Gasteiger partial charge in [-0.1, -0.05) is 59.6 Å². The first-order valence-electron chi connectivity index (χ1n) is 7.10. The van der Waals surface area contributed by atoms with E-state index in [4.69, 9.17) is 33.0 Å². The lowest BCUT2D eigenvalue weighted by molar-refractivity contribution is -0.135. The quantitative estimate of drug-likeness (QED) is 0.863. The maximum atomic E-state index is 11.1. The molecular weight excluding hydrogens is 353 g/mol. The lowest BCUT2D eigenvalue weighted by Gasteiger charge is -2.27. The minimum atomic E-state index is -1.75. The number of aliphatic hydroxyl groups is 1. The Morgan fingerprint density at radius 3 is 2.50 bits per heavy atom. The molecule has 7 heteroatoms. The van der Waals surface area contributed by atoms with Gasteiger partial charge in [0.05, 0.1) is 10.0 Å². The Morgan fingerprint density at radius 1 is 1.17 bits per heavy atom. The summed E-state index contributed by atoms with van der Waals surface area (Å²) in [6, 6.07) is 13.5. The second-order valence-electron chi connectivity index (χ2n) is 5.34. The predicted octanol–water partition coefficient (Wildman–Crippen LogP) is 3.78. The lowest BCUT2D eigenvalue weighted by atomic mass is 9.93. The zero-order chi connectivity index (χ0) is 17.3. The highest BCUT2D eigenvalue weighted by Gasteiger charge is 2.47. The van der Waals surface area contributed by atoms with Crippen molar-refractivity contribution >= 4 is 35.1 Å². The first kappa shape index (κ1) is 16.8. The summed E-state index contributed by atoms with van der Waals surface area (Å²) in [6.45, 7) is 0. The van der Waals surface area contributed by atoms with Crippen molar-refractivity contribution in [3.8, 4) is 0 Å². The molecule has 0 radical (unpaired) electrons. The number of hydrogen-bond donors (Lipinski definition) is 2. The van der Waals surface area contributed by atoms with Crippen LogP contribution in [0.15, 0.2) is 53.5 Å². The molecule has 0 spiro atoms. The van der Waals surface area contributed by atoms with Crippen LogP contribution < -0.4 is 0 Å². The summed E-state index contributed by atoms with van der Waals surface area (Å²) in [5.74, 6) is -1.15. The van der Waals surface area contributed by atoms with Gasteiger partial charge < -0.3 is 14.9 Å². The fourth-order valence-corrected chi connectivity index (χ4v) is 2.89. The maximum Gasteiger partial charge on any atom is 0.312 e. The largest absolute Gasteiger partial charge is 0.481 e. The summed E-state index contributed by atoms with van der Waals surface area (Å²) in [7, 11) is 0. The third-order valence-corrected chi connectivity index (χ3v) is 4.40. The molecule has 1 aliphatic rings. The van der Waals surface area contributed by atoms with E-state index in [1.54, 1.807) is 48.5 Å². The SMILES string of the molecule is O=C(O)CC1=NC(O)(c2ccccc2)C(c2ccc(Cl)c(Cl)c2)O1. The summed E-state index contributed by atoms with van der Waals surface area (Å²) < 4.78 is 5.64. The second kappa shape index (κ2) is 6.43. The van der Waals surface area contributed by atoms with Gasteiger partial charge in [0.25, 0.3) is 0 Å². The zero-order valence-electron chi connectivity index (χ0n) is 12.3. The van der Waals surface area contributed by atoms with E-state index in [0.717, 1.165) is 0 Å². The molecule has 2 N–H and O–H groups in total. The van der Waals surface area contributed by atoms with E-state index in [0.29, 0.717) is 21.2 Å². The van der Waals surface area contributed by atoms with Gasteiger partial charge in [0, 0.05) is 5.56 Å². The van der Waals surface area contributed by atoms with E-state index in [1.807, 2.05) is 0 Å². The van der Waals surface area contributed by atoms with Gasteiger partial charge in [-0.2, -0.15) is 0 Å². The van der Waals surface area contributed by atoms with Crippen LogP contribution in [0.4, 0.5) is 0 Å². The monoisotopic (exact) mass is 365 g/mol. The van der Waals surface area contributed by atoms with Crippen LogP contribution in [0.1, 0.15) is 23.7 Å². The molecule has 2 aromatic carbocycles. The lowest BCUT2D eigenvalue weighted by Crippen LogP contribution is -2.28. The molecule has 1 heterocycles. The number of carboxylic acid groups (broad SMARTS) is 1. The van der Waals surface area contributed by atoms with E-state index >= 15 is 0 Å².